The first-order chi connectivity index (χ1) is 12.5. The van der Waals surface area contributed by atoms with Crippen LogP contribution in [0.25, 0.3) is 15.9 Å². The Bertz CT molecular complexity index is 1070. The van der Waals surface area contributed by atoms with Crippen molar-refractivity contribution in [3.8, 4) is 5.69 Å². The van der Waals surface area contributed by atoms with E-state index in [4.69, 9.17) is 0 Å². The van der Waals surface area contributed by atoms with Gasteiger partial charge in [0.2, 0.25) is 5.91 Å². The largest absolute Gasteiger partial charge is 0.342 e. The second-order valence-corrected chi connectivity index (χ2v) is 6.97. The Kier molecular flexibility index (Phi) is 5.08. The minimum Gasteiger partial charge on any atom is -0.342 e. The van der Waals surface area contributed by atoms with Gasteiger partial charge in [-0.15, -0.1) is 11.3 Å². The molecule has 0 N–H and O–H groups in total. The molecule has 7 heteroatoms. The van der Waals surface area contributed by atoms with Crippen molar-refractivity contribution in [1.82, 2.24) is 14.0 Å². The van der Waals surface area contributed by atoms with Crippen LogP contribution in [0, 0.1) is 6.92 Å². The molecule has 6 nitrogen and oxygen atoms in total. The highest BCUT2D eigenvalue weighted by Gasteiger charge is 2.19. The van der Waals surface area contributed by atoms with Crippen LogP contribution < -0.4 is 11.2 Å². The van der Waals surface area contributed by atoms with Crippen LogP contribution >= 0.6 is 11.3 Å². The molecule has 0 unspecified atom stereocenters. The maximum absolute atomic E-state index is 13.1. The molecule has 2 heterocycles. The molecule has 0 radical (unpaired) electrons. The predicted molar refractivity (Wildman–Crippen MR) is 104 cm³/mol. The number of benzene rings is 1. The van der Waals surface area contributed by atoms with Crippen LogP contribution in [0.4, 0.5) is 0 Å². The fraction of sp³-hybridized carbons (Fsp3) is 0.316. The third kappa shape index (κ3) is 3.10. The third-order valence-electron chi connectivity index (χ3n) is 4.42. The summed E-state index contributed by atoms with van der Waals surface area (Å²) >= 11 is 1.28. The Labute approximate surface area is 154 Å². The van der Waals surface area contributed by atoms with Gasteiger partial charge in [-0.3, -0.25) is 14.2 Å². The lowest BCUT2D eigenvalue weighted by atomic mass is 10.2. The van der Waals surface area contributed by atoms with E-state index in [0.717, 1.165) is 10.1 Å². The van der Waals surface area contributed by atoms with Crippen molar-refractivity contribution in [3.63, 3.8) is 0 Å². The minimum atomic E-state index is -0.494. The molecule has 0 aliphatic rings. The first-order valence-electron chi connectivity index (χ1n) is 8.55. The molecule has 0 fully saturated rings. The predicted octanol–water partition coefficient (Wildman–Crippen LogP) is 2.39. The number of thiophene rings is 1. The van der Waals surface area contributed by atoms with Crippen LogP contribution in [0.3, 0.4) is 0 Å². The van der Waals surface area contributed by atoms with E-state index in [0.29, 0.717) is 29.0 Å². The molecule has 136 valence electrons. The lowest BCUT2D eigenvalue weighted by Gasteiger charge is -2.20. The topological polar surface area (TPSA) is 64.3 Å². The zero-order chi connectivity index (χ0) is 18.8. The summed E-state index contributed by atoms with van der Waals surface area (Å²) in [5, 5.41) is 1.77. The summed E-state index contributed by atoms with van der Waals surface area (Å²) in [7, 11) is 0. The number of aromatic nitrogens is 2. The quantitative estimate of drug-likeness (QED) is 0.692. The summed E-state index contributed by atoms with van der Waals surface area (Å²) in [6.07, 6.45) is 0. The molecule has 26 heavy (non-hydrogen) atoms. The Morgan fingerprint density at radius 1 is 1.15 bits per heavy atom. The normalized spacial score (nSPS) is 11.0. The lowest BCUT2D eigenvalue weighted by Crippen LogP contribution is -2.42. The molecule has 0 spiro atoms. The Hall–Kier alpha value is -2.67. The molecule has 0 atom stereocenters. The van der Waals surface area contributed by atoms with Gasteiger partial charge in [-0.05, 0) is 49.9 Å². The van der Waals surface area contributed by atoms with Gasteiger partial charge in [0.1, 0.15) is 11.2 Å². The average molecular weight is 371 g/mol. The number of hydrogen-bond acceptors (Lipinski definition) is 4. The molecule has 0 saturated carbocycles. The zero-order valence-corrected chi connectivity index (χ0v) is 15.9. The zero-order valence-electron chi connectivity index (χ0n) is 15.1. The third-order valence-corrected chi connectivity index (χ3v) is 5.32. The molecule has 0 aliphatic heterocycles. The fourth-order valence-electron chi connectivity index (χ4n) is 3.05. The maximum Gasteiger partial charge on any atom is 0.336 e. The van der Waals surface area contributed by atoms with Gasteiger partial charge in [0.25, 0.3) is 5.56 Å². The smallest absolute Gasteiger partial charge is 0.336 e. The van der Waals surface area contributed by atoms with E-state index < -0.39 is 5.69 Å². The molecule has 2 aromatic heterocycles. The van der Waals surface area contributed by atoms with Crippen molar-refractivity contribution >= 4 is 27.5 Å². The van der Waals surface area contributed by atoms with Gasteiger partial charge < -0.3 is 4.90 Å². The van der Waals surface area contributed by atoms with Gasteiger partial charge in [-0.1, -0.05) is 12.1 Å². The van der Waals surface area contributed by atoms with Crippen LogP contribution in [0.1, 0.15) is 19.4 Å². The molecule has 3 rings (SSSR count). The second-order valence-electron chi connectivity index (χ2n) is 6.05. The van der Waals surface area contributed by atoms with Gasteiger partial charge in [0, 0.05) is 13.1 Å². The van der Waals surface area contributed by atoms with Crippen molar-refractivity contribution in [3.05, 3.63) is 62.1 Å². The van der Waals surface area contributed by atoms with Crippen molar-refractivity contribution in [1.29, 1.82) is 0 Å². The number of amides is 1. The Morgan fingerprint density at radius 3 is 2.54 bits per heavy atom. The number of hydrogen-bond donors (Lipinski definition) is 0. The van der Waals surface area contributed by atoms with E-state index >= 15 is 0 Å². The molecular formula is C19H21N3O3S. The van der Waals surface area contributed by atoms with Gasteiger partial charge in [-0.25, -0.2) is 9.36 Å². The van der Waals surface area contributed by atoms with Crippen LogP contribution in [0.2, 0.25) is 0 Å². The summed E-state index contributed by atoms with van der Waals surface area (Å²) in [6.45, 7) is 6.78. The number of nitrogens with zero attached hydrogens (tertiary/aromatic N) is 3. The standard InChI is InChI=1S/C19H21N3O3S/c1-4-20(5-2)16(23)12-21-15-9-10-26-17(15)18(24)22(19(21)25)14-8-6-7-13(3)11-14/h6-11H,4-5,12H2,1-3H3. The molecule has 0 saturated heterocycles. The molecule has 1 amide bonds. The molecule has 0 aliphatic carbocycles. The highest BCUT2D eigenvalue weighted by molar-refractivity contribution is 7.17. The minimum absolute atomic E-state index is 0.0835. The number of rotatable bonds is 5. The average Bonchev–Trinajstić information content (AvgIpc) is 3.10. The van der Waals surface area contributed by atoms with Crippen LogP contribution in [0.15, 0.2) is 45.3 Å². The van der Waals surface area contributed by atoms with Crippen molar-refractivity contribution in [2.75, 3.05) is 13.1 Å². The Morgan fingerprint density at radius 2 is 1.88 bits per heavy atom. The van der Waals surface area contributed by atoms with Crippen molar-refractivity contribution in [2.24, 2.45) is 0 Å². The number of carbonyl (C=O) groups is 1. The number of fused-ring (bicyclic) bond motifs is 1. The maximum atomic E-state index is 13.1. The van der Waals surface area contributed by atoms with Crippen molar-refractivity contribution < 1.29 is 4.79 Å². The summed E-state index contributed by atoms with van der Waals surface area (Å²) in [5.74, 6) is -0.140. The summed E-state index contributed by atoms with van der Waals surface area (Å²) in [5.41, 5.74) is 1.13. The number of likely N-dealkylation sites (N-methyl/N-ethyl adjacent to an activating group) is 1. The van der Waals surface area contributed by atoms with E-state index in [1.165, 1.54) is 15.9 Å². The SMILES string of the molecule is CCN(CC)C(=O)Cn1c(=O)n(-c2cccc(C)c2)c(=O)c2sccc21. The van der Waals surface area contributed by atoms with E-state index in [1.807, 2.05) is 26.8 Å². The van der Waals surface area contributed by atoms with Gasteiger partial charge in [0.05, 0.1) is 11.2 Å². The van der Waals surface area contributed by atoms with Gasteiger partial charge >= 0.3 is 5.69 Å². The summed E-state index contributed by atoms with van der Waals surface area (Å²) in [6, 6.07) is 8.95. The number of aryl methyl sites for hydroxylation is 1. The Balaban J connectivity index is 2.24. The molecule has 1 aromatic carbocycles. The highest BCUT2D eigenvalue weighted by atomic mass is 32.1. The van der Waals surface area contributed by atoms with Crippen molar-refractivity contribution in [2.45, 2.75) is 27.3 Å². The van der Waals surface area contributed by atoms with E-state index in [9.17, 15) is 14.4 Å². The van der Waals surface area contributed by atoms with Crippen LogP contribution in [-0.2, 0) is 11.3 Å². The van der Waals surface area contributed by atoms with E-state index in [1.54, 1.807) is 34.5 Å². The monoisotopic (exact) mass is 371 g/mol. The van der Waals surface area contributed by atoms with E-state index in [-0.39, 0.29) is 18.0 Å². The first kappa shape index (κ1) is 18.1. The summed E-state index contributed by atoms with van der Waals surface area (Å²) in [4.78, 5) is 40.2. The van der Waals surface area contributed by atoms with Crippen LogP contribution in [0.5, 0.6) is 0 Å². The van der Waals surface area contributed by atoms with E-state index in [2.05, 4.69) is 0 Å². The number of carbonyl (C=O) groups excluding carboxylic acids is 1. The first-order valence-corrected chi connectivity index (χ1v) is 9.43. The molecule has 3 aromatic rings. The van der Waals surface area contributed by atoms with Gasteiger partial charge in [-0.2, -0.15) is 0 Å². The second kappa shape index (κ2) is 7.29. The van der Waals surface area contributed by atoms with Crippen LogP contribution in [-0.4, -0.2) is 33.0 Å². The molecular weight excluding hydrogens is 350 g/mol. The highest BCUT2D eigenvalue weighted by Crippen LogP contribution is 2.17. The fourth-order valence-corrected chi connectivity index (χ4v) is 3.87. The summed E-state index contributed by atoms with van der Waals surface area (Å²) < 4.78 is 3.02. The molecule has 0 bridgehead atoms. The van der Waals surface area contributed by atoms with Gasteiger partial charge in [0.15, 0.2) is 0 Å². The lowest BCUT2D eigenvalue weighted by molar-refractivity contribution is -0.131.